The van der Waals surface area contributed by atoms with Crippen LogP contribution >= 0.6 is 23.5 Å². The number of hydrogen-bond acceptors (Lipinski definition) is 6. The van der Waals surface area contributed by atoms with Gasteiger partial charge in [-0.2, -0.15) is 0 Å². The van der Waals surface area contributed by atoms with Crippen LogP contribution in [0.4, 0.5) is 0 Å². The van der Waals surface area contributed by atoms with E-state index in [4.69, 9.17) is 19.9 Å². The third-order valence-corrected chi connectivity index (χ3v) is 21.5. The van der Waals surface area contributed by atoms with Crippen LogP contribution in [0, 0.1) is 0 Å². The molecule has 8 heteroatoms. The Morgan fingerprint density at radius 3 is 1.33 bits per heavy atom. The van der Waals surface area contributed by atoms with Crippen LogP contribution in [0.2, 0.25) is 0 Å². The van der Waals surface area contributed by atoms with E-state index in [1.54, 1.807) is 23.5 Å². The molecule has 0 atom stereocenters. The summed E-state index contributed by atoms with van der Waals surface area (Å²) in [5.41, 5.74) is 21.6. The van der Waals surface area contributed by atoms with Crippen molar-refractivity contribution in [2.45, 2.75) is 58.1 Å². The molecule has 2 aliphatic carbocycles. The molecule has 0 spiro atoms. The van der Waals surface area contributed by atoms with Gasteiger partial charge < -0.3 is 0 Å². The fraction of sp³-hybridized carbons (Fsp3) is 0.0769. The first kappa shape index (κ1) is 48.5. The average Bonchev–Trinajstić information content (AvgIpc) is 1.59. The van der Waals surface area contributed by atoms with Crippen molar-refractivity contribution in [3.05, 3.63) is 253 Å². The molecule has 0 amide bonds. The Hall–Kier alpha value is -9.86. The number of fused-ring (bicyclic) bond motifs is 22. The van der Waals surface area contributed by atoms with E-state index in [1.807, 2.05) is 0 Å². The van der Waals surface area contributed by atoms with Crippen LogP contribution in [0.25, 0.3) is 144 Å². The third-order valence-electron chi connectivity index (χ3n) is 19.2. The number of hydrogen-bond donors (Lipinski definition) is 0. The zero-order chi connectivity index (χ0) is 56.9. The van der Waals surface area contributed by atoms with E-state index in [-0.39, 0.29) is 10.8 Å². The van der Waals surface area contributed by atoms with E-state index in [1.165, 1.54) is 118 Å². The Kier molecular flexibility index (Phi) is 9.81. The maximum Gasteiger partial charge on any atom is 0.235 e. The summed E-state index contributed by atoms with van der Waals surface area (Å²) in [6.45, 7) is 9.41. The Morgan fingerprint density at radius 1 is 0.302 bits per heavy atom. The smallest absolute Gasteiger partial charge is 0.235 e. The van der Waals surface area contributed by atoms with Gasteiger partial charge in [-0.15, -0.1) is 0 Å². The number of rotatable bonds is 2. The molecule has 20 rings (SSSR count). The molecule has 6 nitrogen and oxygen atoms in total. The first-order chi connectivity index (χ1) is 42.2. The van der Waals surface area contributed by atoms with E-state index in [0.717, 1.165) is 55.3 Å². The summed E-state index contributed by atoms with van der Waals surface area (Å²) in [7, 11) is 0. The molecule has 6 heterocycles. The zero-order valence-corrected chi connectivity index (χ0v) is 49.1. The van der Waals surface area contributed by atoms with Gasteiger partial charge in [0.2, 0.25) is 11.9 Å². The minimum absolute atomic E-state index is 0.0466. The van der Waals surface area contributed by atoms with Gasteiger partial charge >= 0.3 is 0 Å². The summed E-state index contributed by atoms with van der Waals surface area (Å²) in [5.74, 6) is 1.42. The van der Waals surface area contributed by atoms with Gasteiger partial charge in [-0.1, -0.05) is 233 Å². The van der Waals surface area contributed by atoms with E-state index in [0.29, 0.717) is 11.9 Å². The van der Waals surface area contributed by atoms with E-state index in [9.17, 15) is 0 Å². The molecule has 2 aliphatic heterocycles. The normalized spacial score (nSPS) is 14.4. The van der Waals surface area contributed by atoms with Gasteiger partial charge in [0.15, 0.2) is 0 Å². The fourth-order valence-electron chi connectivity index (χ4n) is 15.4. The summed E-state index contributed by atoms with van der Waals surface area (Å²) in [4.78, 5) is 26.2. The van der Waals surface area contributed by atoms with Crippen LogP contribution in [-0.4, -0.2) is 29.1 Å². The first-order valence-electron chi connectivity index (χ1n) is 29.5. The number of nitrogens with zero attached hydrogens (tertiary/aromatic N) is 6. The molecule has 0 fully saturated rings. The highest BCUT2D eigenvalue weighted by molar-refractivity contribution is 8.00. The molecule has 4 aromatic heterocycles. The summed E-state index contributed by atoms with van der Waals surface area (Å²) in [5, 5.41) is 12.2. The lowest BCUT2D eigenvalue weighted by molar-refractivity contribution is 0.661. The molecular formula is C78H50N6S2. The van der Waals surface area contributed by atoms with Gasteiger partial charge in [0.05, 0.1) is 44.5 Å². The van der Waals surface area contributed by atoms with Crippen molar-refractivity contribution in [1.82, 2.24) is 29.1 Å². The zero-order valence-electron chi connectivity index (χ0n) is 47.4. The van der Waals surface area contributed by atoms with Crippen molar-refractivity contribution < 1.29 is 0 Å². The van der Waals surface area contributed by atoms with E-state index in [2.05, 4.69) is 267 Å². The second kappa shape index (κ2) is 17.4. The maximum absolute atomic E-state index is 5.39. The van der Waals surface area contributed by atoms with Crippen LogP contribution in [0.3, 0.4) is 0 Å². The highest BCUT2D eigenvalue weighted by Crippen LogP contribution is 2.55. The molecule has 12 aromatic carbocycles. The standard InChI is InChI=1S/2C39H25N3S/c1-39(2)28-13-6-3-11-26(28)34-23-18-19-24-22-10-4-7-15-31(22)42(37(24)25(23)20-21-29(34)39)38-40-30-14-9-17-33-35(30)36(41-38)27-12-5-8-16-32(27)43-33;1-39(2)29-13-6-3-10-22(29)24-18-21-27-25(35(24)39)19-20-26-23-11-4-7-15-31(23)42(37(26)27)38-40-30-14-9-17-33-34(30)36(41-38)28-12-5-8-16-32(28)43-33/h2*3-21H,1-2H3. The topological polar surface area (TPSA) is 61.4 Å². The number of aromatic nitrogens is 6. The Balaban J connectivity index is 0.000000126. The summed E-state index contributed by atoms with van der Waals surface area (Å²) < 4.78 is 4.61. The minimum Gasteiger partial charge on any atom is -0.277 e. The first-order valence-corrected chi connectivity index (χ1v) is 31.2. The van der Waals surface area contributed by atoms with Crippen LogP contribution in [0.5, 0.6) is 0 Å². The van der Waals surface area contributed by atoms with Crippen molar-refractivity contribution in [2.24, 2.45) is 0 Å². The molecule has 0 saturated carbocycles. The largest absolute Gasteiger partial charge is 0.277 e. The molecular weight excluding hydrogens is 1090 g/mol. The van der Waals surface area contributed by atoms with Crippen LogP contribution in [-0.2, 0) is 10.8 Å². The van der Waals surface area contributed by atoms with E-state index < -0.39 is 0 Å². The number of para-hydroxylation sites is 2. The molecule has 86 heavy (non-hydrogen) atoms. The van der Waals surface area contributed by atoms with Crippen molar-refractivity contribution in [2.75, 3.05) is 0 Å². The van der Waals surface area contributed by atoms with Gasteiger partial charge in [-0.05, 0) is 104 Å². The molecule has 0 bridgehead atoms. The van der Waals surface area contributed by atoms with Gasteiger partial charge in [-0.25, -0.2) is 19.9 Å². The lowest BCUT2D eigenvalue weighted by Crippen LogP contribution is -2.15. The van der Waals surface area contributed by atoms with Crippen molar-refractivity contribution >= 4 is 110 Å². The van der Waals surface area contributed by atoms with Crippen molar-refractivity contribution in [3.63, 3.8) is 0 Å². The maximum atomic E-state index is 5.39. The van der Waals surface area contributed by atoms with Gasteiger partial charge in [0, 0.05) is 84.6 Å². The summed E-state index contributed by atoms with van der Waals surface area (Å²) in [6, 6.07) is 83.8. The SMILES string of the molecule is CC1(C)c2ccccc2-c2c1ccc1c2ccc2c3ccccc3n(-c3nc4c5c(cccc5n3)Sc3ccccc3-4)c12.CC1(C)c2ccccc2-c2ccc3c(ccc4c5ccccc5n(-c5nc6c7c(cccc7n5)Sc5ccccc5-6)c34)c21. The van der Waals surface area contributed by atoms with Crippen LogP contribution in [0.15, 0.2) is 250 Å². The molecule has 0 unspecified atom stereocenters. The lowest BCUT2D eigenvalue weighted by Gasteiger charge is -2.23. The number of benzene rings is 12. The van der Waals surface area contributed by atoms with Crippen LogP contribution in [0.1, 0.15) is 49.9 Å². The monoisotopic (exact) mass is 1130 g/mol. The third kappa shape index (κ3) is 6.44. The fourth-order valence-corrected chi connectivity index (χ4v) is 17.6. The highest BCUT2D eigenvalue weighted by atomic mass is 32.2. The van der Waals surface area contributed by atoms with Crippen molar-refractivity contribution in [3.8, 4) is 56.7 Å². The average molecular weight is 1140 g/mol. The van der Waals surface area contributed by atoms with Crippen molar-refractivity contribution in [1.29, 1.82) is 0 Å². The Bertz CT molecular complexity index is 5750. The highest BCUT2D eigenvalue weighted by Gasteiger charge is 2.39. The minimum atomic E-state index is -0.0998. The van der Waals surface area contributed by atoms with Gasteiger partial charge in [0.25, 0.3) is 0 Å². The predicted molar refractivity (Wildman–Crippen MR) is 357 cm³/mol. The summed E-state index contributed by atoms with van der Waals surface area (Å²) >= 11 is 3.61. The second-order valence-electron chi connectivity index (χ2n) is 24.4. The lowest BCUT2D eigenvalue weighted by atomic mass is 9.80. The molecule has 0 radical (unpaired) electrons. The van der Waals surface area contributed by atoms with Gasteiger partial charge in [0.1, 0.15) is 0 Å². The molecule has 16 aromatic rings. The molecule has 4 aliphatic rings. The van der Waals surface area contributed by atoms with E-state index >= 15 is 0 Å². The van der Waals surface area contributed by atoms with Crippen LogP contribution < -0.4 is 0 Å². The molecule has 0 saturated heterocycles. The summed E-state index contributed by atoms with van der Waals surface area (Å²) in [6.07, 6.45) is 0. The molecule has 0 N–H and O–H groups in total. The second-order valence-corrected chi connectivity index (χ2v) is 26.5. The quantitative estimate of drug-likeness (QED) is 0.172. The Labute approximate surface area is 503 Å². The Morgan fingerprint density at radius 2 is 0.733 bits per heavy atom. The molecule has 404 valence electrons. The predicted octanol–water partition coefficient (Wildman–Crippen LogP) is 20.6. The van der Waals surface area contributed by atoms with Gasteiger partial charge in [-0.3, -0.25) is 9.13 Å².